The van der Waals surface area contributed by atoms with Crippen molar-refractivity contribution in [2.75, 3.05) is 20.2 Å². The van der Waals surface area contributed by atoms with Gasteiger partial charge in [-0.3, -0.25) is 4.90 Å². The van der Waals surface area contributed by atoms with Crippen molar-refractivity contribution in [1.82, 2.24) is 19.5 Å². The van der Waals surface area contributed by atoms with Gasteiger partial charge in [0.15, 0.2) is 0 Å². The average Bonchev–Trinajstić information content (AvgIpc) is 3.19. The van der Waals surface area contributed by atoms with Crippen LogP contribution in [0.5, 0.6) is 11.6 Å². The van der Waals surface area contributed by atoms with Crippen molar-refractivity contribution >= 4 is 16.3 Å². The summed E-state index contributed by atoms with van der Waals surface area (Å²) in [5, 5.41) is 15.0. The molecule has 2 aromatic heterocycles. The van der Waals surface area contributed by atoms with Crippen LogP contribution in [0.3, 0.4) is 0 Å². The van der Waals surface area contributed by atoms with Gasteiger partial charge in [0.2, 0.25) is 10.8 Å². The Morgan fingerprint density at radius 3 is 2.73 bits per heavy atom. The van der Waals surface area contributed by atoms with E-state index >= 15 is 0 Å². The van der Waals surface area contributed by atoms with Crippen LogP contribution in [0.1, 0.15) is 36.8 Å². The summed E-state index contributed by atoms with van der Waals surface area (Å²) in [5.41, 5.74) is 1.12. The van der Waals surface area contributed by atoms with Gasteiger partial charge < -0.3 is 9.84 Å². The molecule has 4 rings (SSSR count). The van der Waals surface area contributed by atoms with Gasteiger partial charge >= 0.3 is 0 Å². The van der Waals surface area contributed by atoms with Crippen LogP contribution in [-0.4, -0.2) is 44.8 Å². The second-order valence-electron chi connectivity index (χ2n) is 7.32. The average molecular weight is 372 g/mol. The highest BCUT2D eigenvalue weighted by molar-refractivity contribution is 7.17. The molecule has 1 N–H and O–H groups in total. The number of rotatable bonds is 4. The summed E-state index contributed by atoms with van der Waals surface area (Å²) in [4.78, 5) is 8.32. The Labute approximate surface area is 157 Å². The first-order valence-corrected chi connectivity index (χ1v) is 9.78. The molecular weight excluding hydrogens is 348 g/mol. The van der Waals surface area contributed by atoms with Gasteiger partial charge in [-0.1, -0.05) is 37.3 Å². The maximum Gasteiger partial charge on any atom is 0.230 e. The minimum atomic E-state index is -0.0381. The summed E-state index contributed by atoms with van der Waals surface area (Å²) in [6.45, 7) is 6.60. The van der Waals surface area contributed by atoms with Crippen molar-refractivity contribution in [3.05, 3.63) is 41.0 Å². The summed E-state index contributed by atoms with van der Waals surface area (Å²) in [6, 6.07) is 8.08. The Bertz CT molecular complexity index is 896. The lowest BCUT2D eigenvalue weighted by Crippen LogP contribution is -2.41. The molecule has 3 heterocycles. The largest absolute Gasteiger partial charge is 0.497 e. The number of aromatic nitrogens is 3. The van der Waals surface area contributed by atoms with Gasteiger partial charge in [-0.2, -0.15) is 9.61 Å². The van der Waals surface area contributed by atoms with Gasteiger partial charge in [0.1, 0.15) is 12.1 Å². The minimum absolute atomic E-state index is 0.0381. The zero-order valence-electron chi connectivity index (χ0n) is 15.3. The predicted molar refractivity (Wildman–Crippen MR) is 102 cm³/mol. The summed E-state index contributed by atoms with van der Waals surface area (Å²) in [7, 11) is 1.68. The van der Waals surface area contributed by atoms with Crippen LogP contribution < -0.4 is 4.74 Å². The second kappa shape index (κ2) is 6.89. The van der Waals surface area contributed by atoms with Gasteiger partial charge in [0, 0.05) is 13.1 Å². The highest BCUT2D eigenvalue weighted by atomic mass is 32.1. The molecule has 1 aliphatic rings. The van der Waals surface area contributed by atoms with Crippen molar-refractivity contribution in [1.29, 1.82) is 0 Å². The Balaban J connectivity index is 1.83. The minimum Gasteiger partial charge on any atom is -0.497 e. The summed E-state index contributed by atoms with van der Waals surface area (Å²) >= 11 is 1.50. The number of ether oxygens (including phenoxy) is 1. The number of benzene rings is 1. The zero-order chi connectivity index (χ0) is 18.3. The molecule has 138 valence electrons. The first-order valence-electron chi connectivity index (χ1n) is 8.96. The Hall–Kier alpha value is -2.12. The van der Waals surface area contributed by atoms with Crippen molar-refractivity contribution in [3.8, 4) is 11.6 Å². The highest BCUT2D eigenvalue weighted by Crippen LogP contribution is 2.42. The molecule has 1 aliphatic heterocycles. The molecule has 3 aromatic rings. The standard InChI is InChI=1S/C19H24N4O2S/c1-12-7-13(2)10-22(9-12)16(14-5-4-6-15(8-14)25-3)17-18(24)23-19(26-17)20-11-21-23/h4-6,8,11-13,16,24H,7,9-10H2,1-3H3. The third-order valence-corrected chi connectivity index (χ3v) is 6.15. The van der Waals surface area contributed by atoms with E-state index < -0.39 is 0 Å². The summed E-state index contributed by atoms with van der Waals surface area (Å²) in [6.07, 6.45) is 2.71. The number of methoxy groups -OCH3 is 1. The number of piperidine rings is 1. The fraction of sp³-hybridized carbons (Fsp3) is 0.474. The molecule has 6 nitrogen and oxygen atoms in total. The first kappa shape index (κ1) is 17.3. The smallest absolute Gasteiger partial charge is 0.230 e. The van der Waals surface area contributed by atoms with Crippen LogP contribution in [0.25, 0.3) is 4.96 Å². The zero-order valence-corrected chi connectivity index (χ0v) is 16.1. The maximum atomic E-state index is 10.8. The fourth-order valence-corrected chi connectivity index (χ4v) is 5.23. The third kappa shape index (κ3) is 3.05. The molecule has 1 aromatic carbocycles. The number of thiazole rings is 1. The van der Waals surface area contributed by atoms with Crippen LogP contribution >= 0.6 is 11.3 Å². The number of aromatic hydroxyl groups is 1. The van der Waals surface area contributed by atoms with Crippen LogP contribution in [0, 0.1) is 11.8 Å². The van der Waals surface area contributed by atoms with Crippen molar-refractivity contribution in [3.63, 3.8) is 0 Å². The molecule has 0 radical (unpaired) electrons. The van der Waals surface area contributed by atoms with Gasteiger partial charge in [-0.25, -0.2) is 4.98 Å². The van der Waals surface area contributed by atoms with Crippen molar-refractivity contribution in [2.24, 2.45) is 11.8 Å². The normalized spacial score (nSPS) is 22.6. The van der Waals surface area contributed by atoms with E-state index in [1.165, 1.54) is 28.6 Å². The molecule has 7 heteroatoms. The van der Waals surface area contributed by atoms with E-state index in [-0.39, 0.29) is 11.9 Å². The SMILES string of the molecule is COc1cccc(C(c2sc3ncnn3c2O)N2CC(C)CC(C)C2)c1. The molecule has 26 heavy (non-hydrogen) atoms. The Morgan fingerprint density at radius 2 is 2.04 bits per heavy atom. The monoisotopic (exact) mass is 372 g/mol. The molecule has 0 spiro atoms. The van der Waals surface area contributed by atoms with Crippen LogP contribution in [0.4, 0.5) is 0 Å². The third-order valence-electron chi connectivity index (χ3n) is 5.06. The molecule has 0 bridgehead atoms. The van der Waals surface area contributed by atoms with E-state index in [0.717, 1.165) is 29.3 Å². The molecular formula is C19H24N4O2S. The number of hydrogen-bond acceptors (Lipinski definition) is 6. The van der Waals surface area contributed by atoms with E-state index in [2.05, 4.69) is 41.0 Å². The molecule has 0 saturated carbocycles. The highest BCUT2D eigenvalue weighted by Gasteiger charge is 2.33. The van der Waals surface area contributed by atoms with E-state index in [1.807, 2.05) is 12.1 Å². The van der Waals surface area contributed by atoms with Crippen LogP contribution in [0.2, 0.25) is 0 Å². The lowest BCUT2D eigenvalue weighted by molar-refractivity contribution is 0.111. The Kier molecular flexibility index (Phi) is 4.58. The van der Waals surface area contributed by atoms with E-state index in [9.17, 15) is 5.11 Å². The molecule has 1 saturated heterocycles. The quantitative estimate of drug-likeness (QED) is 0.758. The van der Waals surface area contributed by atoms with Gasteiger partial charge in [-0.05, 0) is 36.0 Å². The fourth-order valence-electron chi connectivity index (χ4n) is 4.13. The summed E-state index contributed by atoms with van der Waals surface area (Å²) < 4.78 is 6.95. The van der Waals surface area contributed by atoms with Crippen LogP contribution in [-0.2, 0) is 0 Å². The molecule has 3 unspecified atom stereocenters. The van der Waals surface area contributed by atoms with Gasteiger partial charge in [0.25, 0.3) is 0 Å². The number of hydrogen-bond donors (Lipinski definition) is 1. The lowest BCUT2D eigenvalue weighted by Gasteiger charge is -2.40. The number of fused-ring (bicyclic) bond motifs is 1. The molecule has 1 fully saturated rings. The lowest BCUT2D eigenvalue weighted by atomic mass is 9.89. The predicted octanol–water partition coefficient (Wildman–Crippen LogP) is 3.57. The van der Waals surface area contributed by atoms with Crippen LogP contribution in [0.15, 0.2) is 30.6 Å². The number of likely N-dealkylation sites (tertiary alicyclic amines) is 1. The topological polar surface area (TPSA) is 62.9 Å². The number of nitrogens with zero attached hydrogens (tertiary/aromatic N) is 4. The van der Waals surface area contributed by atoms with E-state index in [1.54, 1.807) is 7.11 Å². The Morgan fingerprint density at radius 1 is 1.27 bits per heavy atom. The maximum absolute atomic E-state index is 10.8. The van der Waals surface area contributed by atoms with Gasteiger partial charge in [0.05, 0.1) is 18.0 Å². The summed E-state index contributed by atoms with van der Waals surface area (Å²) in [5.74, 6) is 2.25. The second-order valence-corrected chi connectivity index (χ2v) is 8.33. The molecule has 0 aliphatic carbocycles. The van der Waals surface area contributed by atoms with E-state index in [0.29, 0.717) is 16.8 Å². The van der Waals surface area contributed by atoms with Crippen molar-refractivity contribution in [2.45, 2.75) is 26.3 Å². The molecule has 3 atom stereocenters. The van der Waals surface area contributed by atoms with Gasteiger partial charge in [-0.15, -0.1) is 0 Å². The molecule has 0 amide bonds. The first-order chi connectivity index (χ1) is 12.6. The van der Waals surface area contributed by atoms with Crippen molar-refractivity contribution < 1.29 is 9.84 Å². The van der Waals surface area contributed by atoms with E-state index in [4.69, 9.17) is 4.74 Å².